The molecule has 100 valence electrons. The van der Waals surface area contributed by atoms with Crippen LogP contribution in [0.3, 0.4) is 0 Å². The highest BCUT2D eigenvalue weighted by atomic mass is 16.6. The van der Waals surface area contributed by atoms with Gasteiger partial charge in [-0.25, -0.2) is 4.98 Å². The number of aromatic amines is 1. The van der Waals surface area contributed by atoms with E-state index in [0.29, 0.717) is 13.2 Å². The molecule has 1 aliphatic rings. The highest BCUT2D eigenvalue weighted by Crippen LogP contribution is 2.30. The molecule has 5 nitrogen and oxygen atoms in total. The lowest BCUT2D eigenvalue weighted by Crippen LogP contribution is -2.15. The van der Waals surface area contributed by atoms with E-state index in [1.807, 2.05) is 25.3 Å². The zero-order valence-electron chi connectivity index (χ0n) is 10.9. The predicted octanol–water partition coefficient (Wildman–Crippen LogP) is 2.14. The Kier molecular flexibility index (Phi) is 3.27. The SMILES string of the molecule is Cc1cnc(NCCc2ccc3c(c2)OCCO3)[nH]1. The van der Waals surface area contributed by atoms with Gasteiger partial charge in [0.25, 0.3) is 0 Å². The molecule has 0 saturated carbocycles. The minimum absolute atomic E-state index is 0.625. The maximum absolute atomic E-state index is 5.57. The Balaban J connectivity index is 1.58. The van der Waals surface area contributed by atoms with E-state index in [-0.39, 0.29) is 0 Å². The maximum atomic E-state index is 5.57. The molecule has 3 rings (SSSR count). The first-order chi connectivity index (χ1) is 9.31. The van der Waals surface area contributed by atoms with E-state index in [0.717, 1.165) is 36.1 Å². The number of hydrogen-bond acceptors (Lipinski definition) is 4. The number of benzene rings is 1. The fourth-order valence-electron chi connectivity index (χ4n) is 2.07. The first kappa shape index (κ1) is 11.9. The number of fused-ring (bicyclic) bond motifs is 1. The lowest BCUT2D eigenvalue weighted by Gasteiger charge is -2.18. The summed E-state index contributed by atoms with van der Waals surface area (Å²) in [5.41, 5.74) is 2.28. The highest BCUT2D eigenvalue weighted by Gasteiger charge is 2.11. The van der Waals surface area contributed by atoms with Gasteiger partial charge in [0.2, 0.25) is 0 Å². The standard InChI is InChI=1S/C14H17N3O2/c1-10-9-16-14(17-10)15-5-4-11-2-3-12-13(8-11)19-7-6-18-12/h2-3,8-9H,4-7H2,1H3,(H2,15,16,17). The number of aromatic nitrogens is 2. The van der Waals surface area contributed by atoms with Gasteiger partial charge in [-0.15, -0.1) is 0 Å². The van der Waals surface area contributed by atoms with E-state index in [1.54, 1.807) is 0 Å². The van der Waals surface area contributed by atoms with Gasteiger partial charge in [0, 0.05) is 18.4 Å². The van der Waals surface area contributed by atoms with E-state index < -0.39 is 0 Å². The van der Waals surface area contributed by atoms with E-state index >= 15 is 0 Å². The van der Waals surface area contributed by atoms with Crippen molar-refractivity contribution in [3.05, 3.63) is 35.7 Å². The van der Waals surface area contributed by atoms with Crippen LogP contribution < -0.4 is 14.8 Å². The van der Waals surface area contributed by atoms with E-state index in [4.69, 9.17) is 9.47 Å². The average Bonchev–Trinajstić information content (AvgIpc) is 2.84. The topological polar surface area (TPSA) is 59.2 Å². The number of imidazole rings is 1. The molecule has 0 amide bonds. The normalized spacial score (nSPS) is 13.3. The average molecular weight is 259 g/mol. The van der Waals surface area contributed by atoms with Crippen LogP contribution in [0.25, 0.3) is 0 Å². The molecule has 0 saturated heterocycles. The number of H-pyrrole nitrogens is 1. The Morgan fingerprint density at radius 1 is 1.26 bits per heavy atom. The summed E-state index contributed by atoms with van der Waals surface area (Å²) in [6.45, 7) is 4.07. The molecule has 1 aromatic heterocycles. The second kappa shape index (κ2) is 5.22. The lowest BCUT2D eigenvalue weighted by atomic mass is 10.1. The molecule has 1 aliphatic heterocycles. The third-order valence-corrected chi connectivity index (χ3v) is 3.02. The number of rotatable bonds is 4. The van der Waals surface area contributed by atoms with Gasteiger partial charge in [-0.2, -0.15) is 0 Å². The van der Waals surface area contributed by atoms with Crippen LogP contribution in [-0.2, 0) is 6.42 Å². The minimum Gasteiger partial charge on any atom is -0.486 e. The van der Waals surface area contributed by atoms with Gasteiger partial charge in [-0.1, -0.05) is 6.07 Å². The number of hydrogen-bond donors (Lipinski definition) is 2. The van der Waals surface area contributed by atoms with Crippen molar-refractivity contribution >= 4 is 5.95 Å². The zero-order valence-corrected chi connectivity index (χ0v) is 10.9. The van der Waals surface area contributed by atoms with Crippen LogP contribution in [0.2, 0.25) is 0 Å². The van der Waals surface area contributed by atoms with Gasteiger partial charge in [0.1, 0.15) is 13.2 Å². The van der Waals surface area contributed by atoms with Crippen LogP contribution >= 0.6 is 0 Å². The van der Waals surface area contributed by atoms with E-state index in [2.05, 4.69) is 21.4 Å². The van der Waals surface area contributed by atoms with Crippen LogP contribution in [0.15, 0.2) is 24.4 Å². The van der Waals surface area contributed by atoms with Crippen molar-refractivity contribution < 1.29 is 9.47 Å². The number of aryl methyl sites for hydroxylation is 1. The second-order valence-corrected chi connectivity index (χ2v) is 4.57. The van der Waals surface area contributed by atoms with Gasteiger partial charge in [0.05, 0.1) is 0 Å². The summed E-state index contributed by atoms with van der Waals surface area (Å²) < 4.78 is 11.1. The largest absolute Gasteiger partial charge is 0.486 e. The van der Waals surface area contributed by atoms with Crippen molar-refractivity contribution in [1.82, 2.24) is 9.97 Å². The highest BCUT2D eigenvalue weighted by molar-refractivity contribution is 5.44. The number of nitrogens with zero attached hydrogens (tertiary/aromatic N) is 1. The molecular weight excluding hydrogens is 242 g/mol. The molecule has 0 fully saturated rings. The summed E-state index contributed by atoms with van der Waals surface area (Å²) in [5.74, 6) is 2.50. The lowest BCUT2D eigenvalue weighted by molar-refractivity contribution is 0.171. The van der Waals surface area contributed by atoms with Crippen molar-refractivity contribution in [3.63, 3.8) is 0 Å². The fourth-order valence-corrected chi connectivity index (χ4v) is 2.07. The van der Waals surface area contributed by atoms with Crippen molar-refractivity contribution in [3.8, 4) is 11.5 Å². The van der Waals surface area contributed by atoms with Crippen LogP contribution in [0, 0.1) is 6.92 Å². The quantitative estimate of drug-likeness (QED) is 0.883. The van der Waals surface area contributed by atoms with Crippen molar-refractivity contribution in [2.24, 2.45) is 0 Å². The van der Waals surface area contributed by atoms with Crippen LogP contribution in [0.1, 0.15) is 11.3 Å². The summed E-state index contributed by atoms with van der Waals surface area (Å²) in [7, 11) is 0. The first-order valence-corrected chi connectivity index (χ1v) is 6.45. The van der Waals surface area contributed by atoms with Crippen molar-refractivity contribution in [2.75, 3.05) is 25.1 Å². The molecule has 1 aromatic carbocycles. The molecule has 0 radical (unpaired) electrons. The zero-order chi connectivity index (χ0) is 13.1. The molecule has 0 unspecified atom stereocenters. The van der Waals surface area contributed by atoms with Crippen molar-refractivity contribution in [2.45, 2.75) is 13.3 Å². The van der Waals surface area contributed by atoms with Gasteiger partial charge >= 0.3 is 0 Å². The Morgan fingerprint density at radius 3 is 2.89 bits per heavy atom. The van der Waals surface area contributed by atoms with Crippen LogP contribution in [0.5, 0.6) is 11.5 Å². The summed E-state index contributed by atoms with van der Waals surface area (Å²) in [5, 5.41) is 3.26. The number of ether oxygens (including phenoxy) is 2. The molecule has 0 atom stereocenters. The Bertz CT molecular complexity index is 566. The third kappa shape index (κ3) is 2.81. The summed E-state index contributed by atoms with van der Waals surface area (Å²) in [6.07, 6.45) is 2.72. The Labute approximate surface area is 112 Å². The molecule has 5 heteroatoms. The van der Waals surface area contributed by atoms with Gasteiger partial charge in [0.15, 0.2) is 17.4 Å². The van der Waals surface area contributed by atoms with Crippen LogP contribution in [0.4, 0.5) is 5.95 Å². The molecule has 2 aromatic rings. The van der Waals surface area contributed by atoms with Gasteiger partial charge in [-0.05, 0) is 31.0 Å². The third-order valence-electron chi connectivity index (χ3n) is 3.02. The molecule has 0 aliphatic carbocycles. The summed E-state index contributed by atoms with van der Waals surface area (Å²) in [6, 6.07) is 6.09. The van der Waals surface area contributed by atoms with Gasteiger partial charge in [-0.3, -0.25) is 0 Å². The van der Waals surface area contributed by atoms with Crippen molar-refractivity contribution in [1.29, 1.82) is 0 Å². The first-order valence-electron chi connectivity index (χ1n) is 6.45. The second-order valence-electron chi connectivity index (χ2n) is 4.57. The van der Waals surface area contributed by atoms with E-state index in [9.17, 15) is 0 Å². The molecule has 0 bridgehead atoms. The predicted molar refractivity (Wildman–Crippen MR) is 73.0 cm³/mol. The Morgan fingerprint density at radius 2 is 2.11 bits per heavy atom. The summed E-state index contributed by atoms with van der Waals surface area (Å²) in [4.78, 5) is 7.35. The molecule has 2 heterocycles. The molecule has 2 N–H and O–H groups in total. The minimum atomic E-state index is 0.625. The van der Waals surface area contributed by atoms with E-state index in [1.165, 1.54) is 5.56 Å². The van der Waals surface area contributed by atoms with Gasteiger partial charge < -0.3 is 19.8 Å². The van der Waals surface area contributed by atoms with Crippen LogP contribution in [-0.4, -0.2) is 29.7 Å². The smallest absolute Gasteiger partial charge is 0.200 e. The molecular formula is C14H17N3O2. The monoisotopic (exact) mass is 259 g/mol. The number of nitrogens with one attached hydrogen (secondary N) is 2. The maximum Gasteiger partial charge on any atom is 0.200 e. The number of anilines is 1. The molecule has 19 heavy (non-hydrogen) atoms. The Hall–Kier alpha value is -2.17. The molecule has 0 spiro atoms. The summed E-state index contributed by atoms with van der Waals surface area (Å²) >= 11 is 0. The fraction of sp³-hybridized carbons (Fsp3) is 0.357.